The highest BCUT2D eigenvalue weighted by Gasteiger charge is 2.58. The van der Waals surface area contributed by atoms with Crippen molar-refractivity contribution < 1.29 is 19.1 Å². The third-order valence-corrected chi connectivity index (χ3v) is 5.63. The fourth-order valence-electron chi connectivity index (χ4n) is 4.11. The van der Waals surface area contributed by atoms with Crippen molar-refractivity contribution >= 4 is 11.8 Å². The number of hydrogen-bond donors (Lipinski definition) is 0. The second kappa shape index (κ2) is 5.12. The Hall–Kier alpha value is -2.75. The number of nitrogens with zero attached hydrogens (tertiary/aromatic N) is 3. The first-order valence-corrected chi connectivity index (χ1v) is 8.27. The molecule has 3 aliphatic heterocycles. The van der Waals surface area contributed by atoms with Crippen LogP contribution in [0.2, 0.25) is 0 Å². The van der Waals surface area contributed by atoms with Gasteiger partial charge < -0.3 is 19.3 Å². The molecule has 1 aromatic rings. The summed E-state index contributed by atoms with van der Waals surface area (Å²) < 4.78 is 10.8. The molecule has 3 heterocycles. The highest BCUT2D eigenvalue weighted by molar-refractivity contribution is 5.97. The lowest BCUT2D eigenvalue weighted by molar-refractivity contribution is -0.159. The topological polar surface area (TPSA) is 82.9 Å². The maximum absolute atomic E-state index is 13.0. The Morgan fingerprint density at radius 2 is 1.96 bits per heavy atom. The lowest BCUT2D eigenvalue weighted by Crippen LogP contribution is -2.60. The van der Waals surface area contributed by atoms with Gasteiger partial charge in [-0.15, -0.1) is 0 Å². The SMILES string of the molecule is CC1C(=O)N2[C@H](C[C@](C)(C#N)[C@H]2c2ccc3c(c2)OCO3)C(=O)N1C. The smallest absolute Gasteiger partial charge is 0.246 e. The number of carbonyl (C=O) groups is 2. The minimum absolute atomic E-state index is 0.114. The van der Waals surface area contributed by atoms with Crippen molar-refractivity contribution in [3.63, 3.8) is 0 Å². The fraction of sp³-hybridized carbons (Fsp3) is 0.500. The zero-order chi connectivity index (χ0) is 17.9. The van der Waals surface area contributed by atoms with Crippen molar-refractivity contribution in [2.45, 2.75) is 38.4 Å². The third kappa shape index (κ3) is 2.03. The molecule has 0 saturated carbocycles. The Kier molecular flexibility index (Phi) is 3.23. The number of fused-ring (bicyclic) bond motifs is 2. The molecule has 25 heavy (non-hydrogen) atoms. The molecule has 4 rings (SSSR count). The van der Waals surface area contributed by atoms with Crippen molar-refractivity contribution in [2.75, 3.05) is 13.8 Å². The van der Waals surface area contributed by atoms with Gasteiger partial charge in [0.1, 0.15) is 12.1 Å². The van der Waals surface area contributed by atoms with E-state index >= 15 is 0 Å². The van der Waals surface area contributed by atoms with Gasteiger partial charge in [0.15, 0.2) is 11.5 Å². The minimum atomic E-state index is -0.853. The quantitative estimate of drug-likeness (QED) is 0.772. The molecule has 0 radical (unpaired) electrons. The number of benzene rings is 1. The van der Waals surface area contributed by atoms with E-state index in [1.165, 1.54) is 4.90 Å². The maximum Gasteiger partial charge on any atom is 0.246 e. The van der Waals surface area contributed by atoms with Crippen LogP contribution in [0.4, 0.5) is 0 Å². The number of piperazine rings is 1. The monoisotopic (exact) mass is 341 g/mol. The van der Waals surface area contributed by atoms with E-state index in [4.69, 9.17) is 9.47 Å². The molecule has 4 atom stereocenters. The summed E-state index contributed by atoms with van der Waals surface area (Å²) in [4.78, 5) is 28.7. The van der Waals surface area contributed by atoms with E-state index in [1.807, 2.05) is 19.1 Å². The zero-order valence-corrected chi connectivity index (χ0v) is 14.4. The summed E-state index contributed by atoms with van der Waals surface area (Å²) in [7, 11) is 1.64. The lowest BCUT2D eigenvalue weighted by Gasteiger charge is -2.42. The predicted molar refractivity (Wildman–Crippen MR) is 86.5 cm³/mol. The average molecular weight is 341 g/mol. The van der Waals surface area contributed by atoms with Crippen LogP contribution in [-0.4, -0.2) is 47.5 Å². The van der Waals surface area contributed by atoms with Gasteiger partial charge in [0.25, 0.3) is 0 Å². The number of amides is 2. The molecule has 1 aromatic carbocycles. The van der Waals surface area contributed by atoms with Crippen molar-refractivity contribution in [3.8, 4) is 17.6 Å². The van der Waals surface area contributed by atoms with Crippen molar-refractivity contribution in [2.24, 2.45) is 5.41 Å². The number of ether oxygens (including phenoxy) is 2. The maximum atomic E-state index is 13.0. The summed E-state index contributed by atoms with van der Waals surface area (Å²) in [5.74, 6) is 0.999. The molecule has 7 nitrogen and oxygen atoms in total. The highest BCUT2D eigenvalue weighted by atomic mass is 16.7. The Morgan fingerprint density at radius 1 is 1.24 bits per heavy atom. The lowest BCUT2D eigenvalue weighted by atomic mass is 9.79. The summed E-state index contributed by atoms with van der Waals surface area (Å²) in [5, 5.41) is 9.83. The van der Waals surface area contributed by atoms with Crippen LogP contribution in [0, 0.1) is 16.7 Å². The minimum Gasteiger partial charge on any atom is -0.454 e. The van der Waals surface area contributed by atoms with Crippen LogP contribution < -0.4 is 9.47 Å². The molecule has 1 unspecified atom stereocenters. The van der Waals surface area contributed by atoms with Crippen LogP contribution in [0.15, 0.2) is 18.2 Å². The van der Waals surface area contributed by atoms with Crippen LogP contribution in [0.1, 0.15) is 31.9 Å². The van der Waals surface area contributed by atoms with Crippen molar-refractivity contribution in [1.82, 2.24) is 9.80 Å². The van der Waals surface area contributed by atoms with E-state index < -0.39 is 23.5 Å². The van der Waals surface area contributed by atoms with Gasteiger partial charge in [-0.1, -0.05) is 6.07 Å². The standard InChI is InChI=1S/C18H19N3O4/c1-10-16(22)21-12(17(23)20(10)3)7-18(2,8-19)15(21)11-4-5-13-14(6-11)25-9-24-13/h4-6,10,12,15H,7,9H2,1-3H3/t10?,12-,15-,18-/m1/s1. The van der Waals surface area contributed by atoms with E-state index in [1.54, 1.807) is 24.9 Å². The number of likely N-dealkylation sites (N-methyl/N-ethyl adjacent to an activating group) is 1. The first kappa shape index (κ1) is 15.8. The zero-order valence-electron chi connectivity index (χ0n) is 14.4. The fourth-order valence-corrected chi connectivity index (χ4v) is 4.11. The Morgan fingerprint density at radius 3 is 2.68 bits per heavy atom. The third-order valence-electron chi connectivity index (χ3n) is 5.63. The molecule has 0 bridgehead atoms. The van der Waals surface area contributed by atoms with Crippen LogP contribution in [0.5, 0.6) is 11.5 Å². The molecular formula is C18H19N3O4. The van der Waals surface area contributed by atoms with Gasteiger partial charge in [-0.2, -0.15) is 5.26 Å². The molecule has 0 N–H and O–H groups in total. The summed E-state index contributed by atoms with van der Waals surface area (Å²) in [6.07, 6.45) is 0.324. The van der Waals surface area contributed by atoms with Crippen molar-refractivity contribution in [3.05, 3.63) is 23.8 Å². The average Bonchev–Trinajstić information content (AvgIpc) is 3.20. The normalized spacial score (nSPS) is 33.4. The van der Waals surface area contributed by atoms with Crippen LogP contribution in [0.25, 0.3) is 0 Å². The molecule has 2 fully saturated rings. The van der Waals surface area contributed by atoms with Crippen LogP contribution >= 0.6 is 0 Å². The largest absolute Gasteiger partial charge is 0.454 e. The molecule has 130 valence electrons. The Labute approximate surface area is 145 Å². The highest BCUT2D eigenvalue weighted by Crippen LogP contribution is 2.52. The number of rotatable bonds is 1. The summed E-state index contributed by atoms with van der Waals surface area (Å²) in [6, 6.07) is 6.15. The molecule has 3 aliphatic rings. The molecule has 0 aliphatic carbocycles. The van der Waals surface area contributed by atoms with Gasteiger partial charge in [0.05, 0.1) is 17.5 Å². The van der Waals surface area contributed by atoms with Crippen molar-refractivity contribution in [1.29, 1.82) is 5.26 Å². The first-order valence-electron chi connectivity index (χ1n) is 8.27. The Bertz CT molecular complexity index is 817. The van der Waals surface area contributed by atoms with E-state index in [0.29, 0.717) is 17.9 Å². The predicted octanol–water partition coefficient (Wildman–Crippen LogP) is 1.45. The molecule has 0 aromatic heterocycles. The Balaban J connectivity index is 1.83. The number of hydrogen-bond acceptors (Lipinski definition) is 5. The summed E-state index contributed by atoms with van der Waals surface area (Å²) >= 11 is 0. The molecule has 7 heteroatoms. The number of nitriles is 1. The van der Waals surface area contributed by atoms with E-state index in [2.05, 4.69) is 6.07 Å². The molecule has 2 amide bonds. The first-order chi connectivity index (χ1) is 11.9. The van der Waals surface area contributed by atoms with E-state index in [-0.39, 0.29) is 18.6 Å². The van der Waals surface area contributed by atoms with Gasteiger partial charge in [0, 0.05) is 7.05 Å². The van der Waals surface area contributed by atoms with Gasteiger partial charge in [0.2, 0.25) is 18.6 Å². The summed E-state index contributed by atoms with van der Waals surface area (Å²) in [6.45, 7) is 3.69. The van der Waals surface area contributed by atoms with Gasteiger partial charge in [-0.05, 0) is 38.0 Å². The molecule has 0 spiro atoms. The van der Waals surface area contributed by atoms with Crippen LogP contribution in [0.3, 0.4) is 0 Å². The summed E-state index contributed by atoms with van der Waals surface area (Å²) in [5.41, 5.74) is -0.0668. The van der Waals surface area contributed by atoms with Gasteiger partial charge >= 0.3 is 0 Å². The van der Waals surface area contributed by atoms with Gasteiger partial charge in [-0.3, -0.25) is 9.59 Å². The van der Waals surface area contributed by atoms with E-state index in [0.717, 1.165) is 5.56 Å². The number of carbonyl (C=O) groups excluding carboxylic acids is 2. The molecular weight excluding hydrogens is 322 g/mol. The second-order valence-corrected chi connectivity index (χ2v) is 7.14. The molecule has 2 saturated heterocycles. The second-order valence-electron chi connectivity index (χ2n) is 7.14. The van der Waals surface area contributed by atoms with Crippen LogP contribution in [-0.2, 0) is 9.59 Å². The van der Waals surface area contributed by atoms with Gasteiger partial charge in [-0.25, -0.2) is 0 Å². The van der Waals surface area contributed by atoms with E-state index in [9.17, 15) is 14.9 Å².